The number of hydrogen-bond acceptors (Lipinski definition) is 5. The van der Waals surface area contributed by atoms with Gasteiger partial charge in [-0.3, -0.25) is 0 Å². The minimum atomic E-state index is 0.872. The quantitative estimate of drug-likeness (QED) is 0.0908. The maximum Gasteiger partial charge on any atom is 0.118 e. The zero-order valence-electron chi connectivity index (χ0n) is 32.3. The predicted octanol–water partition coefficient (Wildman–Crippen LogP) is 13.3. The molecule has 6 aromatic carbocycles. The van der Waals surface area contributed by atoms with E-state index >= 15 is 0 Å². The maximum absolute atomic E-state index is 5.12. The molecule has 0 fully saturated rings. The second-order valence-corrected chi connectivity index (χ2v) is 13.1. The average Bonchev–Trinajstić information content (AvgIpc) is 3.25. The molecule has 0 aliphatic heterocycles. The van der Waals surface area contributed by atoms with E-state index in [1.807, 2.05) is 115 Å². The zero-order valence-corrected chi connectivity index (χ0v) is 34.5. The van der Waals surface area contributed by atoms with Crippen LogP contribution < -0.4 is 23.7 Å². The molecule has 5 nitrogen and oxygen atoms in total. The van der Waals surface area contributed by atoms with Crippen LogP contribution in [0.25, 0.3) is 28.3 Å². The first-order valence-corrected chi connectivity index (χ1v) is 19.1. The van der Waals surface area contributed by atoms with Crippen molar-refractivity contribution in [1.82, 2.24) is 0 Å². The smallest absolute Gasteiger partial charge is 0.118 e. The van der Waals surface area contributed by atoms with Crippen molar-refractivity contribution in [3.8, 4) is 51.0 Å². The highest BCUT2D eigenvalue weighted by atomic mass is 127. The summed E-state index contributed by atoms with van der Waals surface area (Å²) in [6.45, 7) is 2.23. The molecule has 0 saturated carbocycles. The summed E-state index contributed by atoms with van der Waals surface area (Å²) in [6.07, 6.45) is 9.51. The number of allylic oxidation sites excluding steroid dienone is 1. The first-order chi connectivity index (χ1) is 26.4. The summed E-state index contributed by atoms with van der Waals surface area (Å²) >= 11 is 2.26. The van der Waals surface area contributed by atoms with Gasteiger partial charge in [-0.05, 0) is 136 Å². The minimum absolute atomic E-state index is 0.872. The van der Waals surface area contributed by atoms with E-state index in [-0.39, 0.29) is 0 Å². The van der Waals surface area contributed by atoms with E-state index < -0.39 is 0 Å². The molecular weight excluding hydrogens is 783 g/mol. The maximum atomic E-state index is 5.12. The summed E-state index contributed by atoms with van der Waals surface area (Å²) in [5.74, 6) is 4.47. The summed E-state index contributed by atoms with van der Waals surface area (Å²) in [5, 5.41) is 0. The van der Waals surface area contributed by atoms with Gasteiger partial charge in [0.15, 0.2) is 0 Å². The van der Waals surface area contributed by atoms with Crippen molar-refractivity contribution in [1.29, 1.82) is 0 Å². The van der Waals surface area contributed by atoms with Crippen LogP contribution in [-0.4, -0.2) is 35.5 Å². The van der Waals surface area contributed by atoms with Crippen LogP contribution >= 0.6 is 22.6 Å². The molecule has 0 spiro atoms. The molecular formula is C48H53IO5. The van der Waals surface area contributed by atoms with Crippen LogP contribution in [0.2, 0.25) is 0 Å². The highest BCUT2D eigenvalue weighted by Gasteiger charge is 1.99. The molecule has 0 bridgehead atoms. The van der Waals surface area contributed by atoms with E-state index in [1.54, 1.807) is 35.5 Å². The lowest BCUT2D eigenvalue weighted by Crippen LogP contribution is -1.84. The van der Waals surface area contributed by atoms with Crippen LogP contribution in [0.1, 0.15) is 38.2 Å². The largest absolute Gasteiger partial charge is 0.497 e. The van der Waals surface area contributed by atoms with Crippen LogP contribution in [0, 0.1) is 3.57 Å². The lowest BCUT2D eigenvalue weighted by Gasteiger charge is -2.05. The normalized spacial score (nSPS) is 9.98. The van der Waals surface area contributed by atoms with Gasteiger partial charge in [-0.2, -0.15) is 0 Å². The Hall–Kier alpha value is -5.21. The number of rotatable bonds is 12. The van der Waals surface area contributed by atoms with Crippen molar-refractivity contribution < 1.29 is 23.7 Å². The van der Waals surface area contributed by atoms with Crippen LogP contribution in [-0.2, 0) is 0 Å². The molecule has 0 saturated heterocycles. The van der Waals surface area contributed by atoms with Gasteiger partial charge in [0.1, 0.15) is 28.7 Å². The fourth-order valence-corrected chi connectivity index (χ4v) is 5.36. The van der Waals surface area contributed by atoms with Gasteiger partial charge in [-0.25, -0.2) is 0 Å². The van der Waals surface area contributed by atoms with Gasteiger partial charge >= 0.3 is 0 Å². The zero-order chi connectivity index (χ0) is 38.8. The summed E-state index contributed by atoms with van der Waals surface area (Å²) in [5.41, 5.74) is 6.03. The molecule has 54 heavy (non-hydrogen) atoms. The lowest BCUT2D eigenvalue weighted by molar-refractivity contribution is 0.414. The van der Waals surface area contributed by atoms with Gasteiger partial charge in [-0.1, -0.05) is 111 Å². The summed E-state index contributed by atoms with van der Waals surface area (Å²) in [6, 6.07) is 50.4. The van der Waals surface area contributed by atoms with E-state index in [1.165, 1.54) is 57.1 Å². The van der Waals surface area contributed by atoms with E-state index in [0.29, 0.717) is 0 Å². The second-order valence-electron chi connectivity index (χ2n) is 11.9. The van der Waals surface area contributed by atoms with Gasteiger partial charge in [-0.15, -0.1) is 0 Å². The molecule has 6 rings (SSSR count). The third-order valence-corrected chi connectivity index (χ3v) is 8.88. The summed E-state index contributed by atoms with van der Waals surface area (Å²) in [7, 11) is 8.38. The molecule has 0 amide bonds. The fourth-order valence-electron chi connectivity index (χ4n) is 5.00. The molecule has 0 heterocycles. The van der Waals surface area contributed by atoms with Crippen molar-refractivity contribution in [2.75, 3.05) is 35.5 Å². The van der Waals surface area contributed by atoms with E-state index in [9.17, 15) is 0 Å². The summed E-state index contributed by atoms with van der Waals surface area (Å²) < 4.78 is 26.6. The van der Waals surface area contributed by atoms with Gasteiger partial charge in [0, 0.05) is 3.57 Å². The van der Waals surface area contributed by atoms with E-state index in [2.05, 4.69) is 78.1 Å². The van der Waals surface area contributed by atoms with Gasteiger partial charge in [0.25, 0.3) is 0 Å². The number of hydrogen-bond donors (Lipinski definition) is 0. The number of benzene rings is 6. The Morgan fingerprint density at radius 3 is 1.09 bits per heavy atom. The number of ether oxygens (including phenoxy) is 5. The number of unbranched alkanes of at least 4 members (excludes halogenated alkanes) is 3. The van der Waals surface area contributed by atoms with Crippen LogP contribution in [0.15, 0.2) is 158 Å². The van der Waals surface area contributed by atoms with Crippen molar-refractivity contribution in [3.63, 3.8) is 0 Å². The van der Waals surface area contributed by atoms with E-state index in [4.69, 9.17) is 23.7 Å². The Balaban J connectivity index is 0.000000197. The van der Waals surface area contributed by atoms with Crippen molar-refractivity contribution in [3.05, 3.63) is 167 Å². The highest BCUT2D eigenvalue weighted by Crippen LogP contribution is 2.25. The van der Waals surface area contributed by atoms with Gasteiger partial charge < -0.3 is 23.7 Å². The van der Waals surface area contributed by atoms with Crippen LogP contribution in [0.3, 0.4) is 0 Å². The molecule has 0 radical (unpaired) electrons. The first kappa shape index (κ1) is 43.2. The number of methoxy groups -OCH3 is 5. The Kier molecular flexibility index (Phi) is 20.6. The topological polar surface area (TPSA) is 46.2 Å². The lowest BCUT2D eigenvalue weighted by atomic mass is 10.1. The molecule has 6 aromatic rings. The molecule has 282 valence electrons. The fraction of sp³-hybridized carbons (Fsp3) is 0.208. The van der Waals surface area contributed by atoms with Gasteiger partial charge in [0.2, 0.25) is 0 Å². The molecule has 0 unspecified atom stereocenters. The third kappa shape index (κ3) is 16.2. The van der Waals surface area contributed by atoms with Crippen molar-refractivity contribution in [2.45, 2.75) is 32.6 Å². The van der Waals surface area contributed by atoms with Crippen molar-refractivity contribution in [2.24, 2.45) is 0 Å². The highest BCUT2D eigenvalue weighted by molar-refractivity contribution is 14.1. The van der Waals surface area contributed by atoms with Crippen LogP contribution in [0.4, 0.5) is 0 Å². The standard InChI is InChI=1S/C14H14O2.C14H20O.C13H12O.C7H7IO/c1-15-13-7-3-11(4-8-13)12-5-9-14(16-2)10-6-12;1-3-4-5-6-7-8-13-9-11-14(15-2)12-10-13;1-14-13-9-7-12(8-10-13)11-5-3-2-4-6-11;1-9-7-4-2-6(8)3-5-7/h3-10H,1-2H3;7-12H,3-6H2,1-2H3;2-10H,1H3;2-5H,1H3/b;8-7+;;. The molecule has 0 aliphatic carbocycles. The summed E-state index contributed by atoms with van der Waals surface area (Å²) in [4.78, 5) is 0. The Labute approximate surface area is 336 Å². The Bertz CT molecular complexity index is 1810. The molecule has 0 atom stereocenters. The predicted molar refractivity (Wildman–Crippen MR) is 235 cm³/mol. The minimum Gasteiger partial charge on any atom is -0.497 e. The average molecular weight is 837 g/mol. The Morgan fingerprint density at radius 1 is 0.407 bits per heavy atom. The molecule has 0 N–H and O–H groups in total. The third-order valence-electron chi connectivity index (χ3n) is 8.16. The monoisotopic (exact) mass is 836 g/mol. The molecule has 0 aliphatic rings. The molecule has 0 aromatic heterocycles. The number of halogens is 1. The van der Waals surface area contributed by atoms with Crippen molar-refractivity contribution >= 4 is 28.7 Å². The Morgan fingerprint density at radius 2 is 0.741 bits per heavy atom. The van der Waals surface area contributed by atoms with E-state index in [0.717, 1.165) is 28.7 Å². The van der Waals surface area contributed by atoms with Gasteiger partial charge in [0.05, 0.1) is 35.5 Å². The molecule has 6 heteroatoms. The second kappa shape index (κ2) is 25.7. The first-order valence-electron chi connectivity index (χ1n) is 18.0. The van der Waals surface area contributed by atoms with Crippen LogP contribution in [0.5, 0.6) is 28.7 Å². The SMILES string of the molecule is CCCCC/C=C/c1ccc(OC)cc1.COc1ccc(-c2ccc(OC)cc2)cc1.COc1ccc(-c2ccccc2)cc1.COc1ccc(I)cc1.